The van der Waals surface area contributed by atoms with Crippen molar-refractivity contribution in [2.75, 3.05) is 10.0 Å². The SMILES string of the molecule is CC(C)C(C(=O)Nc1ccc(S(=O)(=O)Nc2nccs2)cc1)N1C(=O)c2ccccc2C1=O. The van der Waals surface area contributed by atoms with Crippen LogP contribution < -0.4 is 10.0 Å². The molecule has 0 saturated heterocycles. The maximum Gasteiger partial charge on any atom is 0.263 e. The lowest BCUT2D eigenvalue weighted by Crippen LogP contribution is -2.50. The Bertz CT molecular complexity index is 1280. The van der Waals surface area contributed by atoms with Crippen molar-refractivity contribution in [1.82, 2.24) is 9.88 Å². The fourth-order valence-corrected chi connectivity index (χ4v) is 5.35. The monoisotopic (exact) mass is 484 g/mol. The summed E-state index contributed by atoms with van der Waals surface area (Å²) in [6.45, 7) is 3.49. The molecule has 1 aliphatic heterocycles. The Morgan fingerprint density at radius 3 is 2.12 bits per heavy atom. The number of amides is 3. The second kappa shape index (κ2) is 8.75. The van der Waals surface area contributed by atoms with E-state index < -0.39 is 33.8 Å². The third-order valence-corrected chi connectivity index (χ3v) is 7.26. The van der Waals surface area contributed by atoms with Crippen LogP contribution in [0.5, 0.6) is 0 Å². The molecule has 170 valence electrons. The van der Waals surface area contributed by atoms with Gasteiger partial charge >= 0.3 is 0 Å². The van der Waals surface area contributed by atoms with Crippen molar-refractivity contribution in [3.63, 3.8) is 0 Å². The van der Waals surface area contributed by atoms with E-state index in [1.54, 1.807) is 43.5 Å². The Morgan fingerprint density at radius 1 is 1.00 bits per heavy atom. The molecule has 3 amide bonds. The van der Waals surface area contributed by atoms with E-state index in [4.69, 9.17) is 0 Å². The number of anilines is 2. The van der Waals surface area contributed by atoms with Crippen LogP contribution in [0.3, 0.4) is 0 Å². The summed E-state index contributed by atoms with van der Waals surface area (Å²) in [5.74, 6) is -1.93. The van der Waals surface area contributed by atoms with Crippen molar-refractivity contribution in [2.45, 2.75) is 24.8 Å². The van der Waals surface area contributed by atoms with E-state index in [-0.39, 0.29) is 27.1 Å². The molecule has 0 fully saturated rings. The highest BCUT2D eigenvalue weighted by atomic mass is 32.2. The minimum absolute atomic E-state index is 0.00328. The number of nitrogens with zero attached hydrogens (tertiary/aromatic N) is 2. The standard InChI is InChI=1S/C22H20N4O5S2/c1-13(2)18(26-20(28)16-5-3-4-6-17(16)21(26)29)19(27)24-14-7-9-15(10-8-14)33(30,31)25-22-23-11-12-32-22/h3-13,18H,1-2H3,(H,23,25)(H,24,27). The number of fused-ring (bicyclic) bond motifs is 1. The lowest BCUT2D eigenvalue weighted by Gasteiger charge is -2.28. The number of imide groups is 1. The summed E-state index contributed by atoms with van der Waals surface area (Å²) in [7, 11) is -3.83. The van der Waals surface area contributed by atoms with Crippen molar-refractivity contribution in [3.8, 4) is 0 Å². The zero-order valence-corrected chi connectivity index (χ0v) is 19.3. The number of sulfonamides is 1. The molecule has 0 saturated carbocycles. The van der Waals surface area contributed by atoms with Crippen molar-refractivity contribution in [2.24, 2.45) is 5.92 Å². The molecule has 33 heavy (non-hydrogen) atoms. The number of thiazole rings is 1. The van der Waals surface area contributed by atoms with Crippen LogP contribution in [0, 0.1) is 5.92 Å². The van der Waals surface area contributed by atoms with Gasteiger partial charge in [-0.15, -0.1) is 11.3 Å². The number of carbonyl (C=O) groups is 3. The molecule has 2 heterocycles. The van der Waals surface area contributed by atoms with Gasteiger partial charge in [0, 0.05) is 17.3 Å². The highest BCUT2D eigenvalue weighted by Crippen LogP contribution is 2.28. The summed E-state index contributed by atoms with van der Waals surface area (Å²) in [5.41, 5.74) is 0.863. The van der Waals surface area contributed by atoms with Crippen LogP contribution in [0.25, 0.3) is 0 Å². The zero-order valence-electron chi connectivity index (χ0n) is 17.7. The number of nitrogens with one attached hydrogen (secondary N) is 2. The molecule has 1 atom stereocenters. The maximum absolute atomic E-state index is 13.1. The van der Waals surface area contributed by atoms with E-state index in [0.29, 0.717) is 5.69 Å². The zero-order chi connectivity index (χ0) is 23.8. The molecular weight excluding hydrogens is 464 g/mol. The van der Waals surface area contributed by atoms with Crippen LogP contribution in [0.2, 0.25) is 0 Å². The van der Waals surface area contributed by atoms with Crippen LogP contribution >= 0.6 is 11.3 Å². The predicted molar refractivity (Wildman–Crippen MR) is 124 cm³/mol. The van der Waals surface area contributed by atoms with Gasteiger partial charge in [0.1, 0.15) is 6.04 Å². The van der Waals surface area contributed by atoms with Gasteiger partial charge in [-0.1, -0.05) is 26.0 Å². The van der Waals surface area contributed by atoms with Crippen molar-refractivity contribution >= 4 is 49.9 Å². The molecule has 3 aromatic rings. The fourth-order valence-electron chi connectivity index (χ4n) is 3.56. The maximum atomic E-state index is 13.1. The molecule has 9 nitrogen and oxygen atoms in total. The number of rotatable bonds is 7. The van der Waals surface area contributed by atoms with Crippen molar-refractivity contribution in [3.05, 3.63) is 71.2 Å². The van der Waals surface area contributed by atoms with E-state index in [1.807, 2.05) is 0 Å². The molecule has 11 heteroatoms. The number of hydrogen-bond acceptors (Lipinski definition) is 7. The summed E-state index contributed by atoms with van der Waals surface area (Å²) in [6.07, 6.45) is 1.49. The third-order valence-electron chi connectivity index (χ3n) is 5.09. The lowest BCUT2D eigenvalue weighted by molar-refractivity contribution is -0.121. The molecule has 1 unspecified atom stereocenters. The van der Waals surface area contributed by atoms with Gasteiger partial charge in [-0.2, -0.15) is 0 Å². The van der Waals surface area contributed by atoms with Crippen molar-refractivity contribution < 1.29 is 22.8 Å². The highest BCUT2D eigenvalue weighted by Gasteiger charge is 2.43. The average molecular weight is 485 g/mol. The van der Waals surface area contributed by atoms with Gasteiger partial charge in [-0.05, 0) is 42.3 Å². The minimum atomic E-state index is -3.83. The Kier molecular flexibility index (Phi) is 6.00. The largest absolute Gasteiger partial charge is 0.324 e. The molecular formula is C22H20N4O5S2. The Labute approximate surface area is 194 Å². The van der Waals surface area contributed by atoms with Gasteiger partial charge in [0.05, 0.1) is 16.0 Å². The molecule has 1 aliphatic rings. The molecule has 4 rings (SSSR count). The first kappa shape index (κ1) is 22.6. The number of benzene rings is 2. The van der Waals surface area contributed by atoms with Gasteiger partial charge in [0.25, 0.3) is 21.8 Å². The summed E-state index contributed by atoms with van der Waals surface area (Å²) in [4.78, 5) is 43.6. The molecule has 0 bridgehead atoms. The van der Waals surface area contributed by atoms with E-state index >= 15 is 0 Å². The topological polar surface area (TPSA) is 126 Å². The van der Waals surface area contributed by atoms with Gasteiger partial charge in [-0.25, -0.2) is 13.4 Å². The Morgan fingerprint density at radius 2 is 1.61 bits per heavy atom. The molecule has 0 aliphatic carbocycles. The van der Waals surface area contributed by atoms with E-state index in [9.17, 15) is 22.8 Å². The van der Waals surface area contributed by atoms with E-state index in [2.05, 4.69) is 15.0 Å². The van der Waals surface area contributed by atoms with Gasteiger partial charge in [0.15, 0.2) is 5.13 Å². The number of hydrogen-bond donors (Lipinski definition) is 2. The molecule has 0 spiro atoms. The Balaban J connectivity index is 1.52. The van der Waals surface area contributed by atoms with Gasteiger partial charge in [-0.3, -0.25) is 24.0 Å². The first-order valence-corrected chi connectivity index (χ1v) is 12.4. The van der Waals surface area contributed by atoms with Gasteiger partial charge in [0.2, 0.25) is 5.91 Å². The highest BCUT2D eigenvalue weighted by molar-refractivity contribution is 7.93. The summed E-state index contributed by atoms with van der Waals surface area (Å²) >= 11 is 1.15. The fraction of sp³-hybridized carbons (Fsp3) is 0.182. The smallest absolute Gasteiger partial charge is 0.263 e. The Hall–Kier alpha value is -3.57. The molecule has 2 aromatic carbocycles. The normalized spacial score (nSPS) is 14.3. The lowest BCUT2D eigenvalue weighted by atomic mass is 10.0. The quantitative estimate of drug-likeness (QED) is 0.496. The summed E-state index contributed by atoms with van der Waals surface area (Å²) in [5, 5.41) is 4.57. The van der Waals surface area contributed by atoms with Crippen LogP contribution in [0.1, 0.15) is 34.6 Å². The van der Waals surface area contributed by atoms with Crippen molar-refractivity contribution in [1.29, 1.82) is 0 Å². The first-order chi connectivity index (χ1) is 15.7. The van der Waals surface area contributed by atoms with E-state index in [0.717, 1.165) is 16.2 Å². The second-order valence-electron chi connectivity index (χ2n) is 7.67. The van der Waals surface area contributed by atoms with Crippen LogP contribution in [-0.2, 0) is 14.8 Å². The summed E-state index contributed by atoms with van der Waals surface area (Å²) in [6, 6.07) is 11.0. The van der Waals surface area contributed by atoms with E-state index in [1.165, 1.54) is 30.5 Å². The average Bonchev–Trinajstić information content (AvgIpc) is 3.36. The van der Waals surface area contributed by atoms with Crippen LogP contribution in [0.15, 0.2) is 65.0 Å². The molecule has 0 radical (unpaired) electrons. The van der Waals surface area contributed by atoms with Gasteiger partial charge < -0.3 is 5.32 Å². The number of carbonyl (C=O) groups excluding carboxylic acids is 3. The molecule has 1 aromatic heterocycles. The third kappa shape index (κ3) is 4.37. The van der Waals surface area contributed by atoms with Crippen LogP contribution in [0.4, 0.5) is 10.8 Å². The molecule has 2 N–H and O–H groups in total. The first-order valence-electron chi connectivity index (χ1n) is 9.99. The number of aromatic nitrogens is 1. The summed E-state index contributed by atoms with van der Waals surface area (Å²) < 4.78 is 27.3. The van der Waals surface area contributed by atoms with Crippen LogP contribution in [-0.4, -0.2) is 42.1 Å². The minimum Gasteiger partial charge on any atom is -0.324 e. The second-order valence-corrected chi connectivity index (χ2v) is 10.2. The predicted octanol–water partition coefficient (Wildman–Crippen LogP) is 3.20.